The van der Waals surface area contributed by atoms with Gasteiger partial charge in [0, 0.05) is 31.9 Å². The SMILES string of the molecule is CCN(CC)C(N)=NCc1ccnc(OCCN(C)C)c1. The van der Waals surface area contributed by atoms with Gasteiger partial charge in [-0.3, -0.25) is 0 Å². The zero-order valence-electron chi connectivity index (χ0n) is 13.5. The highest BCUT2D eigenvalue weighted by Crippen LogP contribution is 2.10. The van der Waals surface area contributed by atoms with Crippen LogP contribution in [0, 0.1) is 0 Å². The summed E-state index contributed by atoms with van der Waals surface area (Å²) in [6.45, 7) is 7.87. The summed E-state index contributed by atoms with van der Waals surface area (Å²) in [6, 6.07) is 3.84. The highest BCUT2D eigenvalue weighted by molar-refractivity contribution is 5.77. The Hall–Kier alpha value is -1.82. The summed E-state index contributed by atoms with van der Waals surface area (Å²) in [5, 5.41) is 0. The average Bonchev–Trinajstić information content (AvgIpc) is 2.46. The van der Waals surface area contributed by atoms with Gasteiger partial charge in [-0.1, -0.05) is 0 Å². The van der Waals surface area contributed by atoms with Crippen LogP contribution in [0.15, 0.2) is 23.3 Å². The van der Waals surface area contributed by atoms with Crippen molar-refractivity contribution in [1.29, 1.82) is 0 Å². The van der Waals surface area contributed by atoms with Crippen LogP contribution in [0.3, 0.4) is 0 Å². The van der Waals surface area contributed by atoms with Crippen LogP contribution in [0.4, 0.5) is 0 Å². The normalized spacial score (nSPS) is 11.8. The molecule has 0 aliphatic heterocycles. The van der Waals surface area contributed by atoms with E-state index in [4.69, 9.17) is 10.5 Å². The first-order valence-electron chi connectivity index (χ1n) is 7.34. The number of likely N-dealkylation sites (N-methyl/N-ethyl adjacent to an activating group) is 1. The second-order valence-corrected chi connectivity index (χ2v) is 5.00. The van der Waals surface area contributed by atoms with E-state index in [1.54, 1.807) is 6.20 Å². The molecule has 0 spiro atoms. The lowest BCUT2D eigenvalue weighted by atomic mass is 10.3. The van der Waals surface area contributed by atoms with Crippen LogP contribution in [0.25, 0.3) is 0 Å². The third-order valence-electron chi connectivity index (χ3n) is 3.10. The van der Waals surface area contributed by atoms with Crippen molar-refractivity contribution in [3.8, 4) is 5.88 Å². The fraction of sp³-hybridized carbons (Fsp3) is 0.600. The minimum Gasteiger partial charge on any atom is -0.476 e. The first-order valence-corrected chi connectivity index (χ1v) is 7.34. The first-order chi connectivity index (χ1) is 10.1. The monoisotopic (exact) mass is 293 g/mol. The van der Waals surface area contributed by atoms with Crippen molar-refractivity contribution in [1.82, 2.24) is 14.8 Å². The zero-order valence-corrected chi connectivity index (χ0v) is 13.5. The third kappa shape index (κ3) is 6.44. The molecule has 0 saturated heterocycles. The molecule has 6 heteroatoms. The summed E-state index contributed by atoms with van der Waals surface area (Å²) in [5.74, 6) is 1.21. The second kappa shape index (κ2) is 9.18. The molecule has 21 heavy (non-hydrogen) atoms. The van der Waals surface area contributed by atoms with Crippen molar-refractivity contribution in [3.05, 3.63) is 23.9 Å². The molecule has 1 aromatic rings. The van der Waals surface area contributed by atoms with E-state index in [-0.39, 0.29) is 0 Å². The van der Waals surface area contributed by atoms with Crippen molar-refractivity contribution in [2.45, 2.75) is 20.4 Å². The predicted molar refractivity (Wildman–Crippen MR) is 86.5 cm³/mol. The molecule has 1 rings (SSSR count). The molecule has 0 atom stereocenters. The molecule has 0 saturated carbocycles. The van der Waals surface area contributed by atoms with E-state index in [1.165, 1.54) is 0 Å². The first kappa shape index (κ1) is 17.2. The van der Waals surface area contributed by atoms with Crippen LogP contribution in [0.2, 0.25) is 0 Å². The lowest BCUT2D eigenvalue weighted by Crippen LogP contribution is -2.37. The molecule has 0 amide bonds. The van der Waals surface area contributed by atoms with E-state index in [9.17, 15) is 0 Å². The van der Waals surface area contributed by atoms with Crippen LogP contribution in [0.5, 0.6) is 5.88 Å². The fourth-order valence-corrected chi connectivity index (χ4v) is 1.78. The third-order valence-corrected chi connectivity index (χ3v) is 3.10. The molecule has 0 unspecified atom stereocenters. The Kier molecular flexibility index (Phi) is 7.53. The highest BCUT2D eigenvalue weighted by atomic mass is 16.5. The summed E-state index contributed by atoms with van der Waals surface area (Å²) in [6.07, 6.45) is 1.74. The van der Waals surface area contributed by atoms with Gasteiger partial charge in [0.25, 0.3) is 0 Å². The summed E-state index contributed by atoms with van der Waals surface area (Å²) in [4.78, 5) is 12.7. The van der Waals surface area contributed by atoms with E-state index < -0.39 is 0 Å². The number of ether oxygens (including phenoxy) is 1. The number of guanidine groups is 1. The molecular formula is C15H27N5O. The van der Waals surface area contributed by atoms with Crippen LogP contribution >= 0.6 is 0 Å². The Morgan fingerprint density at radius 1 is 1.33 bits per heavy atom. The van der Waals surface area contributed by atoms with Crippen LogP contribution in [-0.2, 0) is 6.54 Å². The van der Waals surface area contributed by atoms with Crippen LogP contribution in [-0.4, -0.2) is 61.1 Å². The van der Waals surface area contributed by atoms with E-state index in [2.05, 4.69) is 28.7 Å². The van der Waals surface area contributed by atoms with E-state index in [1.807, 2.05) is 31.1 Å². The topological polar surface area (TPSA) is 67.0 Å². The molecule has 2 N–H and O–H groups in total. The minimum absolute atomic E-state index is 0.537. The molecule has 0 bridgehead atoms. The summed E-state index contributed by atoms with van der Waals surface area (Å²) in [7, 11) is 4.02. The molecule has 0 aliphatic carbocycles. The number of nitrogens with two attached hydrogens (primary N) is 1. The van der Waals surface area contributed by atoms with Crippen molar-refractivity contribution in [2.75, 3.05) is 40.3 Å². The molecule has 0 aliphatic rings. The molecule has 118 valence electrons. The number of rotatable bonds is 8. The van der Waals surface area contributed by atoms with E-state index in [0.29, 0.717) is 25.0 Å². The van der Waals surface area contributed by atoms with Gasteiger partial charge < -0.3 is 20.3 Å². The molecule has 1 heterocycles. The molecule has 6 nitrogen and oxygen atoms in total. The summed E-state index contributed by atoms with van der Waals surface area (Å²) in [5.41, 5.74) is 7.00. The smallest absolute Gasteiger partial charge is 0.213 e. The quantitative estimate of drug-likeness (QED) is 0.576. The Bertz CT molecular complexity index is 443. The van der Waals surface area contributed by atoms with Crippen LogP contribution < -0.4 is 10.5 Å². The number of aromatic nitrogens is 1. The van der Waals surface area contributed by atoms with Gasteiger partial charge in [0.05, 0.1) is 6.54 Å². The van der Waals surface area contributed by atoms with Gasteiger partial charge in [0.2, 0.25) is 5.88 Å². The highest BCUT2D eigenvalue weighted by Gasteiger charge is 2.03. The van der Waals surface area contributed by atoms with Gasteiger partial charge >= 0.3 is 0 Å². The standard InChI is InChI=1S/C15H27N5O/c1-5-20(6-2)15(16)18-12-13-7-8-17-14(11-13)21-10-9-19(3)4/h7-8,11H,5-6,9-10,12H2,1-4H3,(H2,16,18). The average molecular weight is 293 g/mol. The van der Waals surface area contributed by atoms with Gasteiger partial charge in [-0.05, 0) is 39.6 Å². The Morgan fingerprint density at radius 3 is 2.67 bits per heavy atom. The minimum atomic E-state index is 0.537. The second-order valence-electron chi connectivity index (χ2n) is 5.00. The molecular weight excluding hydrogens is 266 g/mol. The van der Waals surface area contributed by atoms with E-state index in [0.717, 1.165) is 25.2 Å². The lowest BCUT2D eigenvalue weighted by Gasteiger charge is -2.19. The molecule has 1 aromatic heterocycles. The number of nitrogens with zero attached hydrogens (tertiary/aromatic N) is 4. The molecule has 0 aromatic carbocycles. The zero-order chi connectivity index (χ0) is 15.7. The lowest BCUT2D eigenvalue weighted by molar-refractivity contribution is 0.253. The predicted octanol–water partition coefficient (Wildman–Crippen LogP) is 1.18. The van der Waals surface area contributed by atoms with Gasteiger partial charge in [-0.25, -0.2) is 9.98 Å². The maximum atomic E-state index is 5.96. The molecule has 0 radical (unpaired) electrons. The van der Waals surface area contributed by atoms with Crippen molar-refractivity contribution < 1.29 is 4.74 Å². The van der Waals surface area contributed by atoms with Crippen molar-refractivity contribution >= 4 is 5.96 Å². The number of aliphatic imine (C=N–C) groups is 1. The van der Waals surface area contributed by atoms with Gasteiger partial charge in [0.15, 0.2) is 5.96 Å². The Balaban J connectivity index is 2.58. The molecule has 0 fully saturated rings. The largest absolute Gasteiger partial charge is 0.476 e. The Morgan fingerprint density at radius 2 is 2.05 bits per heavy atom. The summed E-state index contributed by atoms with van der Waals surface area (Å²) >= 11 is 0. The fourth-order valence-electron chi connectivity index (χ4n) is 1.78. The van der Waals surface area contributed by atoms with Gasteiger partial charge in [-0.15, -0.1) is 0 Å². The number of pyridine rings is 1. The summed E-state index contributed by atoms with van der Waals surface area (Å²) < 4.78 is 5.61. The van der Waals surface area contributed by atoms with Crippen molar-refractivity contribution in [2.24, 2.45) is 10.7 Å². The van der Waals surface area contributed by atoms with E-state index >= 15 is 0 Å². The van der Waals surface area contributed by atoms with Gasteiger partial charge in [-0.2, -0.15) is 0 Å². The number of hydrogen-bond acceptors (Lipinski definition) is 4. The van der Waals surface area contributed by atoms with Crippen LogP contribution in [0.1, 0.15) is 19.4 Å². The van der Waals surface area contributed by atoms with Gasteiger partial charge in [0.1, 0.15) is 6.61 Å². The maximum Gasteiger partial charge on any atom is 0.213 e. The number of hydrogen-bond donors (Lipinski definition) is 1. The van der Waals surface area contributed by atoms with Crippen molar-refractivity contribution in [3.63, 3.8) is 0 Å². The maximum absolute atomic E-state index is 5.96. The Labute approximate surface area is 127 Å².